The number of rotatable bonds is 11. The first kappa shape index (κ1) is 24.2. The minimum Gasteiger partial charge on any atom is -0.497 e. The SMILES string of the molecule is CCCCOc1ccc(/C=N\NC(=O)[C@H](C)N(c2ccc(OC)cc2)S(C)(=O)=O)cc1. The van der Waals surface area contributed by atoms with Crippen molar-refractivity contribution in [3.63, 3.8) is 0 Å². The molecule has 1 amide bonds. The number of carbonyl (C=O) groups excluding carboxylic acids is 1. The molecule has 0 bridgehead atoms. The number of hydrazone groups is 1. The van der Waals surface area contributed by atoms with Crippen molar-refractivity contribution in [2.45, 2.75) is 32.7 Å². The molecule has 2 aromatic rings. The largest absolute Gasteiger partial charge is 0.497 e. The Kier molecular flexibility index (Phi) is 8.87. The fourth-order valence-electron chi connectivity index (χ4n) is 2.79. The van der Waals surface area contributed by atoms with Gasteiger partial charge in [-0.1, -0.05) is 13.3 Å². The molecule has 9 heteroatoms. The van der Waals surface area contributed by atoms with Crippen molar-refractivity contribution < 1.29 is 22.7 Å². The molecule has 31 heavy (non-hydrogen) atoms. The molecule has 0 aliphatic rings. The van der Waals surface area contributed by atoms with E-state index in [-0.39, 0.29) is 0 Å². The number of nitrogens with one attached hydrogen (secondary N) is 1. The fraction of sp³-hybridized carbons (Fsp3) is 0.364. The van der Waals surface area contributed by atoms with Gasteiger partial charge in [0, 0.05) is 0 Å². The summed E-state index contributed by atoms with van der Waals surface area (Å²) in [6.45, 7) is 4.27. The lowest BCUT2D eigenvalue weighted by atomic mass is 10.2. The predicted octanol–water partition coefficient (Wildman–Crippen LogP) is 3.18. The first-order chi connectivity index (χ1) is 14.8. The molecule has 0 aromatic heterocycles. The highest BCUT2D eigenvalue weighted by Crippen LogP contribution is 2.23. The summed E-state index contributed by atoms with van der Waals surface area (Å²) in [6.07, 6.45) is 4.60. The topological polar surface area (TPSA) is 97.3 Å². The minimum atomic E-state index is -3.71. The van der Waals surface area contributed by atoms with Crippen LogP contribution in [0.5, 0.6) is 11.5 Å². The average molecular weight is 448 g/mol. The molecular weight excluding hydrogens is 418 g/mol. The van der Waals surface area contributed by atoms with Crippen molar-refractivity contribution in [1.29, 1.82) is 0 Å². The van der Waals surface area contributed by atoms with Gasteiger partial charge in [-0.15, -0.1) is 0 Å². The second kappa shape index (κ2) is 11.4. The summed E-state index contributed by atoms with van der Waals surface area (Å²) in [6, 6.07) is 12.7. The van der Waals surface area contributed by atoms with Gasteiger partial charge in [-0.05, 0) is 67.4 Å². The number of anilines is 1. The van der Waals surface area contributed by atoms with E-state index in [4.69, 9.17) is 9.47 Å². The molecule has 0 saturated carbocycles. The van der Waals surface area contributed by atoms with Crippen LogP contribution in [0.2, 0.25) is 0 Å². The number of ether oxygens (including phenoxy) is 2. The van der Waals surface area contributed by atoms with Crippen molar-refractivity contribution in [3.8, 4) is 11.5 Å². The fourth-order valence-corrected chi connectivity index (χ4v) is 3.96. The van der Waals surface area contributed by atoms with Gasteiger partial charge in [-0.25, -0.2) is 13.8 Å². The maximum Gasteiger partial charge on any atom is 0.263 e. The average Bonchev–Trinajstić information content (AvgIpc) is 2.74. The Morgan fingerprint density at radius 1 is 1.13 bits per heavy atom. The van der Waals surface area contributed by atoms with Gasteiger partial charge in [0.2, 0.25) is 10.0 Å². The number of nitrogens with zero attached hydrogens (tertiary/aromatic N) is 2. The van der Waals surface area contributed by atoms with Crippen LogP contribution in [0.15, 0.2) is 53.6 Å². The lowest BCUT2D eigenvalue weighted by Crippen LogP contribution is -2.46. The molecule has 2 rings (SSSR count). The van der Waals surface area contributed by atoms with Crippen LogP contribution < -0.4 is 19.2 Å². The third-order valence-electron chi connectivity index (χ3n) is 4.45. The summed E-state index contributed by atoms with van der Waals surface area (Å²) in [5.74, 6) is 0.796. The van der Waals surface area contributed by atoms with Crippen molar-refractivity contribution in [2.75, 3.05) is 24.3 Å². The van der Waals surface area contributed by atoms with E-state index in [0.717, 1.165) is 34.7 Å². The number of methoxy groups -OCH3 is 1. The van der Waals surface area contributed by atoms with E-state index in [1.807, 2.05) is 24.3 Å². The minimum absolute atomic E-state index is 0.355. The molecule has 8 nitrogen and oxygen atoms in total. The standard InChI is InChI=1S/C22H29N3O5S/c1-5-6-15-30-21-11-7-18(8-12-21)16-23-24-22(26)17(2)25(31(4,27)28)19-9-13-20(29-3)14-10-19/h7-14,16-17H,5-6,15H2,1-4H3,(H,24,26)/b23-16-/t17-/m0/s1. The van der Waals surface area contributed by atoms with E-state index in [2.05, 4.69) is 17.5 Å². The van der Waals surface area contributed by atoms with Gasteiger partial charge >= 0.3 is 0 Å². The van der Waals surface area contributed by atoms with Crippen LogP contribution in [0.4, 0.5) is 5.69 Å². The van der Waals surface area contributed by atoms with Crippen LogP contribution >= 0.6 is 0 Å². The zero-order chi connectivity index (χ0) is 22.9. The van der Waals surface area contributed by atoms with Gasteiger partial charge in [0.05, 0.1) is 31.9 Å². The Balaban J connectivity index is 2.03. The molecule has 168 valence electrons. The normalized spacial score (nSPS) is 12.4. The zero-order valence-electron chi connectivity index (χ0n) is 18.2. The van der Waals surface area contributed by atoms with Gasteiger partial charge in [-0.2, -0.15) is 5.10 Å². The van der Waals surface area contributed by atoms with Crippen LogP contribution in [0, 0.1) is 0 Å². The second-order valence-electron chi connectivity index (χ2n) is 6.94. The molecule has 0 unspecified atom stereocenters. The van der Waals surface area contributed by atoms with E-state index in [1.54, 1.807) is 24.3 Å². The Bertz CT molecular complexity index is 973. The Hall–Kier alpha value is -3.07. The molecule has 0 heterocycles. The molecular formula is C22H29N3O5S. The first-order valence-electron chi connectivity index (χ1n) is 9.95. The van der Waals surface area contributed by atoms with Crippen molar-refractivity contribution in [1.82, 2.24) is 5.43 Å². The van der Waals surface area contributed by atoms with Crippen molar-refractivity contribution in [2.24, 2.45) is 5.10 Å². The predicted molar refractivity (Wildman–Crippen MR) is 122 cm³/mol. The van der Waals surface area contributed by atoms with Gasteiger partial charge in [0.15, 0.2) is 0 Å². The number of unbranched alkanes of at least 4 members (excludes halogenated alkanes) is 1. The highest BCUT2D eigenvalue weighted by Gasteiger charge is 2.29. The van der Waals surface area contributed by atoms with E-state index in [9.17, 15) is 13.2 Å². The number of amides is 1. The number of benzene rings is 2. The molecule has 1 atom stereocenters. The van der Waals surface area contributed by atoms with E-state index < -0.39 is 22.0 Å². The summed E-state index contributed by atoms with van der Waals surface area (Å²) in [4.78, 5) is 12.5. The van der Waals surface area contributed by atoms with Gasteiger partial charge in [0.25, 0.3) is 5.91 Å². The summed E-state index contributed by atoms with van der Waals surface area (Å²) in [7, 11) is -2.19. The van der Waals surface area contributed by atoms with E-state index in [1.165, 1.54) is 20.2 Å². The lowest BCUT2D eigenvalue weighted by Gasteiger charge is -2.27. The Morgan fingerprint density at radius 3 is 2.29 bits per heavy atom. The van der Waals surface area contributed by atoms with Crippen LogP contribution in [-0.4, -0.2) is 46.6 Å². The Labute approximate surface area is 183 Å². The van der Waals surface area contributed by atoms with Gasteiger partial charge < -0.3 is 9.47 Å². The first-order valence-corrected chi connectivity index (χ1v) is 11.8. The van der Waals surface area contributed by atoms with E-state index in [0.29, 0.717) is 18.0 Å². The molecule has 0 fully saturated rings. The summed E-state index contributed by atoms with van der Waals surface area (Å²) >= 11 is 0. The molecule has 0 aliphatic heterocycles. The maximum absolute atomic E-state index is 12.5. The van der Waals surface area contributed by atoms with Gasteiger partial charge in [0.1, 0.15) is 17.5 Å². The molecule has 1 N–H and O–H groups in total. The molecule has 0 aliphatic carbocycles. The second-order valence-corrected chi connectivity index (χ2v) is 8.80. The number of hydrogen-bond donors (Lipinski definition) is 1. The van der Waals surface area contributed by atoms with Crippen LogP contribution in [-0.2, 0) is 14.8 Å². The smallest absolute Gasteiger partial charge is 0.263 e. The quantitative estimate of drug-likeness (QED) is 0.324. The van der Waals surface area contributed by atoms with Crippen molar-refractivity contribution in [3.05, 3.63) is 54.1 Å². The number of sulfonamides is 1. The van der Waals surface area contributed by atoms with Crippen molar-refractivity contribution >= 4 is 27.8 Å². The third kappa shape index (κ3) is 7.29. The number of carbonyl (C=O) groups is 1. The molecule has 0 radical (unpaired) electrons. The highest BCUT2D eigenvalue weighted by molar-refractivity contribution is 7.92. The van der Waals surface area contributed by atoms with Crippen LogP contribution in [0.3, 0.4) is 0 Å². The molecule has 0 saturated heterocycles. The summed E-state index contributed by atoms with van der Waals surface area (Å²) < 4.78 is 36.4. The monoisotopic (exact) mass is 447 g/mol. The third-order valence-corrected chi connectivity index (χ3v) is 5.69. The summed E-state index contributed by atoms with van der Waals surface area (Å²) in [5.41, 5.74) is 3.53. The molecule has 0 spiro atoms. The van der Waals surface area contributed by atoms with Crippen LogP contribution in [0.1, 0.15) is 32.3 Å². The van der Waals surface area contributed by atoms with E-state index >= 15 is 0 Å². The highest BCUT2D eigenvalue weighted by atomic mass is 32.2. The molecule has 2 aromatic carbocycles. The number of hydrogen-bond acceptors (Lipinski definition) is 6. The maximum atomic E-state index is 12.5. The lowest BCUT2D eigenvalue weighted by molar-refractivity contribution is -0.121. The summed E-state index contributed by atoms with van der Waals surface area (Å²) in [5, 5.41) is 3.95. The Morgan fingerprint density at radius 2 is 1.74 bits per heavy atom. The van der Waals surface area contributed by atoms with Crippen LogP contribution in [0.25, 0.3) is 0 Å². The van der Waals surface area contributed by atoms with Gasteiger partial charge in [-0.3, -0.25) is 9.10 Å². The zero-order valence-corrected chi connectivity index (χ0v) is 19.1.